The van der Waals surface area contributed by atoms with E-state index in [-0.39, 0.29) is 23.5 Å². The molecule has 7 heteroatoms. The van der Waals surface area contributed by atoms with E-state index < -0.39 is 10.0 Å². The van der Waals surface area contributed by atoms with Crippen LogP contribution in [0.1, 0.15) is 45.1 Å². The van der Waals surface area contributed by atoms with E-state index in [1.165, 1.54) is 5.56 Å². The number of rotatable bonds is 7. The number of amides is 1. The van der Waals surface area contributed by atoms with Gasteiger partial charge in [-0.3, -0.25) is 4.79 Å². The third-order valence-electron chi connectivity index (χ3n) is 5.12. The lowest BCUT2D eigenvalue weighted by atomic mass is 9.84. The number of hydrogen-bond donors (Lipinski definition) is 1. The Balaban J connectivity index is 2.00. The third-order valence-corrected chi connectivity index (χ3v) is 5.93. The van der Waals surface area contributed by atoms with Crippen molar-refractivity contribution in [3.63, 3.8) is 0 Å². The van der Waals surface area contributed by atoms with Gasteiger partial charge in [0.15, 0.2) is 0 Å². The monoisotopic (exact) mass is 382 g/mol. The molecule has 0 spiro atoms. The summed E-state index contributed by atoms with van der Waals surface area (Å²) in [6, 6.07) is 8.03. The molecule has 26 heavy (non-hydrogen) atoms. The summed E-state index contributed by atoms with van der Waals surface area (Å²) in [6.45, 7) is 7.56. The first kappa shape index (κ1) is 20.7. The number of likely N-dealkylation sites (tertiary alicyclic amines) is 1. The zero-order valence-electron chi connectivity index (χ0n) is 15.8. The van der Waals surface area contributed by atoms with Gasteiger partial charge in [-0.2, -0.15) is 0 Å². The first-order valence-electron chi connectivity index (χ1n) is 9.14. The van der Waals surface area contributed by atoms with Crippen LogP contribution >= 0.6 is 0 Å². The Kier molecular flexibility index (Phi) is 7.06. The number of ether oxygens (including phenoxy) is 1. The number of nitrogens with two attached hydrogens (primary N) is 1. The molecule has 0 saturated carbocycles. The molecule has 1 aliphatic heterocycles. The van der Waals surface area contributed by atoms with Crippen LogP contribution in [0.15, 0.2) is 24.3 Å². The number of piperidine rings is 1. The summed E-state index contributed by atoms with van der Waals surface area (Å²) in [7, 11) is -3.48. The Bertz CT molecular complexity index is 701. The van der Waals surface area contributed by atoms with Crippen LogP contribution in [0.4, 0.5) is 0 Å². The summed E-state index contributed by atoms with van der Waals surface area (Å²) in [5.74, 6) is 1.55. The quantitative estimate of drug-likeness (QED) is 0.784. The Morgan fingerprint density at radius 2 is 1.92 bits per heavy atom. The molecule has 0 radical (unpaired) electrons. The molecule has 0 aliphatic carbocycles. The number of sulfonamides is 1. The van der Waals surface area contributed by atoms with Gasteiger partial charge in [-0.05, 0) is 42.4 Å². The minimum atomic E-state index is -3.48. The fourth-order valence-corrected chi connectivity index (χ4v) is 4.03. The highest BCUT2D eigenvalue weighted by atomic mass is 32.2. The molecule has 6 nitrogen and oxygen atoms in total. The predicted octanol–water partition coefficient (Wildman–Crippen LogP) is 2.35. The van der Waals surface area contributed by atoms with Crippen LogP contribution in [-0.4, -0.2) is 44.7 Å². The number of nitrogens with zero attached hydrogens (tertiary/aromatic N) is 1. The van der Waals surface area contributed by atoms with Crippen LogP contribution in [0, 0.1) is 11.8 Å². The van der Waals surface area contributed by atoms with Gasteiger partial charge in [-0.15, -0.1) is 0 Å². The van der Waals surface area contributed by atoms with Crippen LogP contribution in [0.5, 0.6) is 5.75 Å². The third kappa shape index (κ3) is 6.29. The molecule has 2 N–H and O–H groups in total. The molecule has 2 atom stereocenters. The number of carbonyl (C=O) groups excluding carboxylic acids is 1. The highest BCUT2D eigenvalue weighted by Crippen LogP contribution is 2.28. The number of benzene rings is 1. The van der Waals surface area contributed by atoms with Crippen molar-refractivity contribution < 1.29 is 17.9 Å². The largest absolute Gasteiger partial charge is 0.493 e. The van der Waals surface area contributed by atoms with Gasteiger partial charge in [0, 0.05) is 25.9 Å². The molecular weight excluding hydrogens is 352 g/mol. The van der Waals surface area contributed by atoms with Crippen molar-refractivity contribution in [2.75, 3.05) is 25.4 Å². The van der Waals surface area contributed by atoms with Crippen molar-refractivity contribution in [3.05, 3.63) is 29.8 Å². The average molecular weight is 383 g/mol. The summed E-state index contributed by atoms with van der Waals surface area (Å²) in [5.41, 5.74) is 1.25. The van der Waals surface area contributed by atoms with Crippen molar-refractivity contribution in [1.82, 2.24) is 4.90 Å². The second-order valence-corrected chi connectivity index (χ2v) is 9.20. The van der Waals surface area contributed by atoms with Gasteiger partial charge in [-0.25, -0.2) is 13.6 Å². The molecule has 1 saturated heterocycles. The van der Waals surface area contributed by atoms with E-state index in [0.29, 0.717) is 32.0 Å². The second kappa shape index (κ2) is 8.86. The Labute approximate surface area is 156 Å². The zero-order chi connectivity index (χ0) is 19.3. The molecule has 146 valence electrons. The summed E-state index contributed by atoms with van der Waals surface area (Å²) < 4.78 is 28.6. The second-order valence-electron chi connectivity index (χ2n) is 7.46. The zero-order valence-corrected chi connectivity index (χ0v) is 16.7. The molecule has 1 aromatic rings. The highest BCUT2D eigenvalue weighted by molar-refractivity contribution is 7.89. The fraction of sp³-hybridized carbons (Fsp3) is 0.632. The minimum absolute atomic E-state index is 0.0304. The molecule has 2 unspecified atom stereocenters. The van der Waals surface area contributed by atoms with Crippen LogP contribution in [0.3, 0.4) is 0 Å². The summed E-state index contributed by atoms with van der Waals surface area (Å²) in [6.07, 6.45) is 1.28. The van der Waals surface area contributed by atoms with E-state index in [4.69, 9.17) is 9.88 Å². The summed E-state index contributed by atoms with van der Waals surface area (Å²) in [4.78, 5) is 13.5. The molecule has 0 bridgehead atoms. The van der Waals surface area contributed by atoms with Crippen molar-refractivity contribution in [1.29, 1.82) is 0 Å². The molecule has 1 amide bonds. The topological polar surface area (TPSA) is 89.7 Å². The maximum Gasteiger partial charge on any atom is 0.219 e. The van der Waals surface area contributed by atoms with Gasteiger partial charge in [0.1, 0.15) is 5.75 Å². The summed E-state index contributed by atoms with van der Waals surface area (Å²) >= 11 is 0. The number of primary sulfonamides is 1. The van der Waals surface area contributed by atoms with E-state index in [2.05, 4.69) is 26.0 Å². The Morgan fingerprint density at radius 1 is 1.27 bits per heavy atom. The summed E-state index contributed by atoms with van der Waals surface area (Å²) in [5, 5.41) is 5.15. The SMILES string of the molecule is CC(=O)N1CCC(CCS(N)(=O)=O)C(COc2ccc(C(C)C)cc2)C1. The standard InChI is InChI=1S/C19H30N2O4S/c1-14(2)16-4-6-19(7-5-16)25-13-18-12-21(15(3)22)10-8-17(18)9-11-26(20,23)24/h4-7,14,17-18H,8-13H2,1-3H3,(H2,20,23,24). The molecule has 0 aromatic heterocycles. The van der Waals surface area contributed by atoms with Gasteiger partial charge in [0.25, 0.3) is 0 Å². The van der Waals surface area contributed by atoms with Gasteiger partial charge in [0.05, 0.1) is 12.4 Å². The van der Waals surface area contributed by atoms with E-state index in [1.54, 1.807) is 6.92 Å². The first-order valence-corrected chi connectivity index (χ1v) is 10.9. The lowest BCUT2D eigenvalue weighted by Crippen LogP contribution is -2.45. The van der Waals surface area contributed by atoms with Crippen LogP contribution < -0.4 is 9.88 Å². The normalized spacial score (nSPS) is 21.0. The van der Waals surface area contributed by atoms with Crippen LogP contribution in [-0.2, 0) is 14.8 Å². The fourth-order valence-electron chi connectivity index (χ4n) is 3.40. The van der Waals surface area contributed by atoms with Crippen LogP contribution in [0.2, 0.25) is 0 Å². The first-order chi connectivity index (χ1) is 12.2. The van der Waals surface area contributed by atoms with Crippen molar-refractivity contribution >= 4 is 15.9 Å². The van der Waals surface area contributed by atoms with Gasteiger partial charge in [0.2, 0.25) is 15.9 Å². The molecular formula is C19H30N2O4S. The average Bonchev–Trinajstić information content (AvgIpc) is 2.58. The van der Waals surface area contributed by atoms with E-state index in [0.717, 1.165) is 12.2 Å². The Hall–Kier alpha value is -1.60. The minimum Gasteiger partial charge on any atom is -0.493 e. The molecule has 1 aromatic carbocycles. The van der Waals surface area contributed by atoms with Crippen molar-refractivity contribution in [3.8, 4) is 5.75 Å². The van der Waals surface area contributed by atoms with E-state index in [1.807, 2.05) is 17.0 Å². The highest BCUT2D eigenvalue weighted by Gasteiger charge is 2.31. The maximum absolute atomic E-state index is 11.7. The molecule has 1 heterocycles. The van der Waals surface area contributed by atoms with E-state index in [9.17, 15) is 13.2 Å². The van der Waals surface area contributed by atoms with Crippen LogP contribution in [0.25, 0.3) is 0 Å². The van der Waals surface area contributed by atoms with Gasteiger partial charge >= 0.3 is 0 Å². The molecule has 1 aliphatic rings. The van der Waals surface area contributed by atoms with E-state index >= 15 is 0 Å². The predicted molar refractivity (Wildman–Crippen MR) is 102 cm³/mol. The lowest BCUT2D eigenvalue weighted by Gasteiger charge is -2.38. The number of carbonyl (C=O) groups is 1. The smallest absolute Gasteiger partial charge is 0.219 e. The lowest BCUT2D eigenvalue weighted by molar-refractivity contribution is -0.131. The number of hydrogen-bond acceptors (Lipinski definition) is 4. The van der Waals surface area contributed by atoms with Gasteiger partial charge in [-0.1, -0.05) is 26.0 Å². The van der Waals surface area contributed by atoms with Crippen molar-refractivity contribution in [2.45, 2.75) is 39.5 Å². The Morgan fingerprint density at radius 3 is 2.46 bits per heavy atom. The maximum atomic E-state index is 11.7. The van der Waals surface area contributed by atoms with Crippen molar-refractivity contribution in [2.24, 2.45) is 17.0 Å². The van der Waals surface area contributed by atoms with Gasteiger partial charge < -0.3 is 9.64 Å². The molecule has 1 fully saturated rings. The molecule has 2 rings (SSSR count).